The van der Waals surface area contributed by atoms with Crippen LogP contribution in [0, 0.1) is 5.92 Å². The van der Waals surface area contributed by atoms with Crippen molar-refractivity contribution in [3.63, 3.8) is 0 Å². The van der Waals surface area contributed by atoms with E-state index < -0.39 is 17.9 Å². The molecule has 1 fully saturated rings. The summed E-state index contributed by atoms with van der Waals surface area (Å²) in [7, 11) is 1.61. The molecule has 2 N–H and O–H groups in total. The first-order valence-corrected chi connectivity index (χ1v) is 7.60. The van der Waals surface area contributed by atoms with Gasteiger partial charge in [-0.05, 0) is 12.7 Å². The van der Waals surface area contributed by atoms with E-state index in [1.165, 1.54) is 4.90 Å². The largest absolute Gasteiger partial charge is 0.481 e. The SMILES string of the molecule is CSC(C)CCNC(=O)N(C)C1COCC1C(=O)O. The lowest BCUT2D eigenvalue weighted by Crippen LogP contribution is -2.48. The Morgan fingerprint density at radius 3 is 2.79 bits per heavy atom. The number of carbonyl (C=O) groups is 2. The molecule has 6 nitrogen and oxygen atoms in total. The predicted octanol–water partition coefficient (Wildman–Crippen LogP) is 0.869. The van der Waals surface area contributed by atoms with Gasteiger partial charge in [0.25, 0.3) is 0 Å². The maximum atomic E-state index is 11.9. The number of nitrogens with zero attached hydrogens (tertiary/aromatic N) is 1. The van der Waals surface area contributed by atoms with Crippen LogP contribution in [0.1, 0.15) is 13.3 Å². The monoisotopic (exact) mass is 290 g/mol. The maximum Gasteiger partial charge on any atom is 0.317 e. The second-order valence-corrected chi connectivity index (χ2v) is 6.00. The highest BCUT2D eigenvalue weighted by Gasteiger charge is 2.38. The molecule has 0 spiro atoms. The normalized spacial score (nSPS) is 23.9. The molecule has 1 aliphatic rings. The van der Waals surface area contributed by atoms with E-state index in [9.17, 15) is 9.59 Å². The number of thioether (sulfide) groups is 1. The number of carboxylic acid groups (broad SMARTS) is 1. The van der Waals surface area contributed by atoms with Crippen molar-refractivity contribution >= 4 is 23.8 Å². The molecule has 0 aromatic heterocycles. The summed E-state index contributed by atoms with van der Waals surface area (Å²) in [5, 5.41) is 12.4. The summed E-state index contributed by atoms with van der Waals surface area (Å²) in [6.07, 6.45) is 2.93. The van der Waals surface area contributed by atoms with Gasteiger partial charge in [-0.25, -0.2) is 4.79 Å². The molecule has 0 aromatic rings. The molecule has 7 heteroatoms. The van der Waals surface area contributed by atoms with E-state index in [-0.39, 0.29) is 19.2 Å². The first kappa shape index (κ1) is 16.1. The maximum absolute atomic E-state index is 11.9. The first-order chi connectivity index (χ1) is 8.97. The summed E-state index contributed by atoms with van der Waals surface area (Å²) in [6.45, 7) is 3.14. The Morgan fingerprint density at radius 2 is 2.21 bits per heavy atom. The van der Waals surface area contributed by atoms with Gasteiger partial charge >= 0.3 is 12.0 Å². The second kappa shape index (κ2) is 7.59. The lowest BCUT2D eigenvalue weighted by Gasteiger charge is -2.26. The van der Waals surface area contributed by atoms with Gasteiger partial charge in [0.2, 0.25) is 0 Å². The van der Waals surface area contributed by atoms with E-state index >= 15 is 0 Å². The zero-order valence-corrected chi connectivity index (χ0v) is 12.4. The molecule has 19 heavy (non-hydrogen) atoms. The molecule has 0 aliphatic carbocycles. The molecule has 3 atom stereocenters. The lowest BCUT2D eigenvalue weighted by atomic mass is 10.0. The molecule has 1 rings (SSSR count). The average molecular weight is 290 g/mol. The number of carbonyl (C=O) groups excluding carboxylic acids is 1. The molecule has 3 unspecified atom stereocenters. The fourth-order valence-electron chi connectivity index (χ4n) is 1.94. The second-order valence-electron chi connectivity index (χ2n) is 4.73. The molecule has 1 aliphatic heterocycles. The Kier molecular flexibility index (Phi) is 6.44. The zero-order chi connectivity index (χ0) is 14.4. The fourth-order valence-corrected chi connectivity index (χ4v) is 2.29. The van der Waals surface area contributed by atoms with E-state index in [1.807, 2.05) is 6.26 Å². The summed E-state index contributed by atoms with van der Waals surface area (Å²) >= 11 is 1.75. The van der Waals surface area contributed by atoms with Crippen molar-refractivity contribution < 1.29 is 19.4 Å². The first-order valence-electron chi connectivity index (χ1n) is 6.31. The van der Waals surface area contributed by atoms with Crippen molar-refractivity contribution in [2.75, 3.05) is 33.1 Å². The molecule has 110 valence electrons. The van der Waals surface area contributed by atoms with Gasteiger partial charge in [-0.1, -0.05) is 6.92 Å². The summed E-state index contributed by atoms with van der Waals surface area (Å²) in [5.74, 6) is -1.56. The van der Waals surface area contributed by atoms with Crippen LogP contribution in [0.4, 0.5) is 4.79 Å². The Morgan fingerprint density at radius 1 is 1.53 bits per heavy atom. The van der Waals surface area contributed by atoms with Crippen molar-refractivity contribution in [3.8, 4) is 0 Å². The van der Waals surface area contributed by atoms with Crippen LogP contribution in [0.2, 0.25) is 0 Å². The third-order valence-electron chi connectivity index (χ3n) is 3.41. The number of nitrogens with one attached hydrogen (secondary N) is 1. The van der Waals surface area contributed by atoms with E-state index in [4.69, 9.17) is 9.84 Å². The van der Waals surface area contributed by atoms with Crippen molar-refractivity contribution in [2.45, 2.75) is 24.6 Å². The highest BCUT2D eigenvalue weighted by molar-refractivity contribution is 7.99. The fraction of sp³-hybridized carbons (Fsp3) is 0.833. The number of hydrogen-bond donors (Lipinski definition) is 2. The number of ether oxygens (including phenoxy) is 1. The van der Waals surface area contributed by atoms with Gasteiger partial charge < -0.3 is 20.1 Å². The van der Waals surface area contributed by atoms with E-state index in [2.05, 4.69) is 12.2 Å². The van der Waals surface area contributed by atoms with Gasteiger partial charge in [0.15, 0.2) is 0 Å². The van der Waals surface area contributed by atoms with Gasteiger partial charge in [-0.3, -0.25) is 4.79 Å². The van der Waals surface area contributed by atoms with Gasteiger partial charge in [0.05, 0.1) is 19.3 Å². The Hall–Kier alpha value is -0.950. The summed E-state index contributed by atoms with van der Waals surface area (Å²) in [5.41, 5.74) is 0. The van der Waals surface area contributed by atoms with Crippen molar-refractivity contribution in [1.29, 1.82) is 0 Å². The van der Waals surface area contributed by atoms with Crippen LogP contribution in [0.3, 0.4) is 0 Å². The summed E-state index contributed by atoms with van der Waals surface area (Å²) < 4.78 is 5.16. The van der Waals surface area contributed by atoms with Crippen molar-refractivity contribution in [2.24, 2.45) is 5.92 Å². The number of carboxylic acids is 1. The quantitative estimate of drug-likeness (QED) is 0.759. The molecule has 2 amide bonds. The van der Waals surface area contributed by atoms with Crippen LogP contribution in [0.5, 0.6) is 0 Å². The van der Waals surface area contributed by atoms with Crippen LogP contribution >= 0.6 is 11.8 Å². The van der Waals surface area contributed by atoms with Gasteiger partial charge in [-0.2, -0.15) is 11.8 Å². The van der Waals surface area contributed by atoms with Crippen LogP contribution in [0.25, 0.3) is 0 Å². The van der Waals surface area contributed by atoms with Crippen LogP contribution in [-0.4, -0.2) is 66.4 Å². The molecule has 0 saturated carbocycles. The van der Waals surface area contributed by atoms with Crippen LogP contribution < -0.4 is 5.32 Å². The van der Waals surface area contributed by atoms with E-state index in [0.29, 0.717) is 11.8 Å². The Bertz CT molecular complexity index is 327. The molecule has 1 saturated heterocycles. The minimum atomic E-state index is -0.918. The highest BCUT2D eigenvalue weighted by Crippen LogP contribution is 2.19. The van der Waals surface area contributed by atoms with Crippen molar-refractivity contribution in [1.82, 2.24) is 10.2 Å². The minimum Gasteiger partial charge on any atom is -0.481 e. The molecule has 0 aromatic carbocycles. The Labute approximate surface area is 117 Å². The number of likely N-dealkylation sites (N-methyl/N-ethyl adjacent to an activating group) is 1. The van der Waals surface area contributed by atoms with Gasteiger partial charge in [-0.15, -0.1) is 0 Å². The third kappa shape index (κ3) is 4.58. The summed E-state index contributed by atoms with van der Waals surface area (Å²) in [4.78, 5) is 24.4. The molecular weight excluding hydrogens is 268 g/mol. The van der Waals surface area contributed by atoms with Crippen LogP contribution in [-0.2, 0) is 9.53 Å². The van der Waals surface area contributed by atoms with Gasteiger partial charge in [0.1, 0.15) is 5.92 Å². The molecule has 1 heterocycles. The lowest BCUT2D eigenvalue weighted by molar-refractivity contribution is -0.142. The highest BCUT2D eigenvalue weighted by atomic mass is 32.2. The zero-order valence-electron chi connectivity index (χ0n) is 11.6. The molecule has 0 bridgehead atoms. The van der Waals surface area contributed by atoms with Crippen LogP contribution in [0.15, 0.2) is 0 Å². The number of aliphatic carboxylic acids is 1. The molecular formula is C12H22N2O4S. The number of amides is 2. The summed E-state index contributed by atoms with van der Waals surface area (Å²) in [6, 6.07) is -0.634. The smallest absolute Gasteiger partial charge is 0.317 e. The predicted molar refractivity (Wildman–Crippen MR) is 74.5 cm³/mol. The van der Waals surface area contributed by atoms with E-state index in [0.717, 1.165) is 6.42 Å². The standard InChI is InChI=1S/C12H22N2O4S/c1-8(19-3)4-5-13-12(17)14(2)10-7-18-6-9(10)11(15)16/h8-10H,4-7H2,1-3H3,(H,13,17)(H,15,16). The topological polar surface area (TPSA) is 78.9 Å². The average Bonchev–Trinajstić information content (AvgIpc) is 2.86. The minimum absolute atomic E-state index is 0.168. The van der Waals surface area contributed by atoms with Gasteiger partial charge in [0, 0.05) is 18.8 Å². The third-order valence-corrected chi connectivity index (χ3v) is 4.46. The number of rotatable bonds is 6. The molecule has 0 radical (unpaired) electrons. The van der Waals surface area contributed by atoms with Crippen molar-refractivity contribution in [3.05, 3.63) is 0 Å². The van der Waals surface area contributed by atoms with E-state index in [1.54, 1.807) is 18.8 Å². The number of urea groups is 1. The number of hydrogen-bond acceptors (Lipinski definition) is 4. The Balaban J connectivity index is 2.41.